The summed E-state index contributed by atoms with van der Waals surface area (Å²) >= 11 is 0. The molecule has 1 aliphatic rings. The smallest absolute Gasteiger partial charge is 0.493 e. The summed E-state index contributed by atoms with van der Waals surface area (Å²) in [6.45, 7) is 0. The van der Waals surface area contributed by atoms with Crippen molar-refractivity contribution in [3.05, 3.63) is 53.6 Å². The second-order valence-corrected chi connectivity index (χ2v) is 5.06. The van der Waals surface area contributed by atoms with Gasteiger partial charge in [0, 0.05) is 5.69 Å². The quantitative estimate of drug-likeness (QED) is 0.665. The van der Waals surface area contributed by atoms with Crippen LogP contribution in [-0.4, -0.2) is 26.3 Å². The molecule has 0 saturated carbocycles. The SMILES string of the molecule is COC(=O)Oc1ccc([C@H]2NC(=O)c3ccccc3N2)cc1OC. The molecule has 1 atom stereocenters. The minimum Gasteiger partial charge on any atom is -0.493 e. The average molecular weight is 328 g/mol. The van der Waals surface area contributed by atoms with Crippen LogP contribution >= 0.6 is 0 Å². The molecule has 0 spiro atoms. The van der Waals surface area contributed by atoms with Crippen molar-refractivity contribution in [2.24, 2.45) is 0 Å². The molecule has 1 aliphatic heterocycles. The summed E-state index contributed by atoms with van der Waals surface area (Å²) in [4.78, 5) is 23.5. The Bertz CT molecular complexity index is 790. The standard InChI is InChI=1S/C17H16N2O5/c1-22-14-9-10(7-8-13(14)24-17(21)23-2)15-18-12-6-4-3-5-11(12)16(20)19-15/h3-9,15,18H,1-2H3,(H,19,20)/t15-/m1/s1. The molecule has 0 unspecified atom stereocenters. The molecule has 7 nitrogen and oxygen atoms in total. The molecule has 3 rings (SSSR count). The second-order valence-electron chi connectivity index (χ2n) is 5.06. The summed E-state index contributed by atoms with van der Waals surface area (Å²) in [6, 6.07) is 12.3. The topological polar surface area (TPSA) is 85.9 Å². The fourth-order valence-electron chi connectivity index (χ4n) is 2.45. The third-order valence-electron chi connectivity index (χ3n) is 3.63. The Balaban J connectivity index is 1.88. The summed E-state index contributed by atoms with van der Waals surface area (Å²) < 4.78 is 14.7. The number of carbonyl (C=O) groups excluding carboxylic acids is 2. The van der Waals surface area contributed by atoms with Crippen LogP contribution < -0.4 is 20.1 Å². The maximum absolute atomic E-state index is 12.2. The van der Waals surface area contributed by atoms with Crippen molar-refractivity contribution in [1.82, 2.24) is 5.32 Å². The number of para-hydroxylation sites is 1. The molecule has 0 fully saturated rings. The van der Waals surface area contributed by atoms with E-state index in [1.165, 1.54) is 14.2 Å². The van der Waals surface area contributed by atoms with Crippen LogP contribution in [0.3, 0.4) is 0 Å². The summed E-state index contributed by atoms with van der Waals surface area (Å²) in [5.41, 5.74) is 2.10. The van der Waals surface area contributed by atoms with Gasteiger partial charge in [-0.25, -0.2) is 4.79 Å². The summed E-state index contributed by atoms with van der Waals surface area (Å²) in [5.74, 6) is 0.423. The summed E-state index contributed by atoms with van der Waals surface area (Å²) in [5, 5.41) is 6.12. The molecule has 0 saturated heterocycles. The number of benzene rings is 2. The molecule has 1 amide bonds. The number of anilines is 1. The lowest BCUT2D eigenvalue weighted by atomic mass is 10.1. The highest BCUT2D eigenvalue weighted by atomic mass is 16.7. The molecule has 0 bridgehead atoms. The zero-order valence-electron chi connectivity index (χ0n) is 13.2. The van der Waals surface area contributed by atoms with Crippen molar-refractivity contribution in [2.45, 2.75) is 6.17 Å². The normalized spacial score (nSPS) is 15.6. The second kappa shape index (κ2) is 6.49. The van der Waals surface area contributed by atoms with E-state index in [-0.39, 0.29) is 11.7 Å². The number of amides is 1. The highest BCUT2D eigenvalue weighted by molar-refractivity contribution is 6.01. The van der Waals surface area contributed by atoms with E-state index in [2.05, 4.69) is 15.4 Å². The lowest BCUT2D eigenvalue weighted by molar-refractivity contribution is 0.0935. The van der Waals surface area contributed by atoms with Crippen molar-refractivity contribution in [3.8, 4) is 11.5 Å². The number of fused-ring (bicyclic) bond motifs is 1. The first-order chi connectivity index (χ1) is 11.6. The Hall–Kier alpha value is -3.22. The Morgan fingerprint density at radius 2 is 1.83 bits per heavy atom. The van der Waals surface area contributed by atoms with Crippen LogP contribution in [-0.2, 0) is 4.74 Å². The predicted octanol–water partition coefficient (Wildman–Crippen LogP) is 2.69. The van der Waals surface area contributed by atoms with Crippen molar-refractivity contribution in [3.63, 3.8) is 0 Å². The van der Waals surface area contributed by atoms with Gasteiger partial charge in [-0.1, -0.05) is 18.2 Å². The van der Waals surface area contributed by atoms with Gasteiger partial charge in [-0.2, -0.15) is 0 Å². The van der Waals surface area contributed by atoms with E-state index in [0.717, 1.165) is 11.3 Å². The molecular formula is C17H16N2O5. The van der Waals surface area contributed by atoms with E-state index in [0.29, 0.717) is 11.3 Å². The predicted molar refractivity (Wildman–Crippen MR) is 86.3 cm³/mol. The molecule has 0 radical (unpaired) electrons. The van der Waals surface area contributed by atoms with E-state index in [4.69, 9.17) is 9.47 Å². The molecule has 124 valence electrons. The lowest BCUT2D eigenvalue weighted by Gasteiger charge is -2.28. The van der Waals surface area contributed by atoms with E-state index in [1.807, 2.05) is 18.2 Å². The Morgan fingerprint density at radius 3 is 2.58 bits per heavy atom. The Kier molecular flexibility index (Phi) is 4.24. The van der Waals surface area contributed by atoms with Gasteiger partial charge in [-0.15, -0.1) is 0 Å². The molecule has 0 aromatic heterocycles. The maximum Gasteiger partial charge on any atom is 0.513 e. The van der Waals surface area contributed by atoms with Crippen molar-refractivity contribution in [2.75, 3.05) is 19.5 Å². The first-order valence-corrected chi connectivity index (χ1v) is 7.22. The van der Waals surface area contributed by atoms with Gasteiger partial charge in [-0.3, -0.25) is 4.79 Å². The number of methoxy groups -OCH3 is 2. The third kappa shape index (κ3) is 2.96. The highest BCUT2D eigenvalue weighted by Gasteiger charge is 2.25. The van der Waals surface area contributed by atoms with Crippen LogP contribution in [0.15, 0.2) is 42.5 Å². The van der Waals surface area contributed by atoms with E-state index < -0.39 is 12.3 Å². The van der Waals surface area contributed by atoms with Crippen molar-refractivity contribution < 1.29 is 23.8 Å². The number of nitrogens with one attached hydrogen (secondary N) is 2. The minimum atomic E-state index is -0.834. The van der Waals surface area contributed by atoms with Gasteiger partial charge >= 0.3 is 6.16 Å². The number of ether oxygens (including phenoxy) is 3. The fourth-order valence-corrected chi connectivity index (χ4v) is 2.45. The molecule has 1 heterocycles. The number of rotatable bonds is 3. The first-order valence-electron chi connectivity index (χ1n) is 7.22. The van der Waals surface area contributed by atoms with Crippen molar-refractivity contribution >= 4 is 17.7 Å². The largest absolute Gasteiger partial charge is 0.513 e. The fraction of sp³-hybridized carbons (Fsp3) is 0.176. The molecule has 2 aromatic carbocycles. The molecule has 2 N–H and O–H groups in total. The van der Waals surface area contributed by atoms with Crippen LogP contribution in [0.5, 0.6) is 11.5 Å². The van der Waals surface area contributed by atoms with Crippen LogP contribution in [0.1, 0.15) is 22.1 Å². The summed E-state index contributed by atoms with van der Waals surface area (Å²) in [6.07, 6.45) is -1.26. The lowest BCUT2D eigenvalue weighted by Crippen LogP contribution is -2.38. The first kappa shape index (κ1) is 15.7. The molecule has 7 heteroatoms. The van der Waals surface area contributed by atoms with Crippen LogP contribution in [0.25, 0.3) is 0 Å². The van der Waals surface area contributed by atoms with Gasteiger partial charge in [0.2, 0.25) is 0 Å². The van der Waals surface area contributed by atoms with E-state index in [9.17, 15) is 9.59 Å². The number of carbonyl (C=O) groups is 2. The number of hydrogen-bond donors (Lipinski definition) is 2. The van der Waals surface area contributed by atoms with Crippen LogP contribution in [0.2, 0.25) is 0 Å². The highest BCUT2D eigenvalue weighted by Crippen LogP contribution is 2.33. The zero-order valence-corrected chi connectivity index (χ0v) is 13.2. The molecule has 2 aromatic rings. The maximum atomic E-state index is 12.2. The molecule has 24 heavy (non-hydrogen) atoms. The van der Waals surface area contributed by atoms with E-state index >= 15 is 0 Å². The van der Waals surface area contributed by atoms with Crippen LogP contribution in [0, 0.1) is 0 Å². The monoisotopic (exact) mass is 328 g/mol. The third-order valence-corrected chi connectivity index (χ3v) is 3.63. The van der Waals surface area contributed by atoms with Gasteiger partial charge < -0.3 is 24.8 Å². The zero-order chi connectivity index (χ0) is 17.1. The summed E-state index contributed by atoms with van der Waals surface area (Å²) in [7, 11) is 2.69. The minimum absolute atomic E-state index is 0.164. The molecular weight excluding hydrogens is 312 g/mol. The van der Waals surface area contributed by atoms with Gasteiger partial charge in [0.05, 0.1) is 19.8 Å². The van der Waals surface area contributed by atoms with Gasteiger partial charge in [0.1, 0.15) is 6.17 Å². The van der Waals surface area contributed by atoms with Crippen LogP contribution in [0.4, 0.5) is 10.5 Å². The van der Waals surface area contributed by atoms with Crippen molar-refractivity contribution in [1.29, 1.82) is 0 Å². The Morgan fingerprint density at radius 1 is 1.04 bits per heavy atom. The van der Waals surface area contributed by atoms with Gasteiger partial charge in [0.25, 0.3) is 5.91 Å². The molecule has 0 aliphatic carbocycles. The van der Waals surface area contributed by atoms with Gasteiger partial charge in [0.15, 0.2) is 11.5 Å². The number of hydrogen-bond acceptors (Lipinski definition) is 6. The van der Waals surface area contributed by atoms with E-state index in [1.54, 1.807) is 24.3 Å². The Labute approximate surface area is 138 Å². The average Bonchev–Trinajstić information content (AvgIpc) is 2.61. The van der Waals surface area contributed by atoms with Gasteiger partial charge in [-0.05, 0) is 29.8 Å².